The van der Waals surface area contributed by atoms with Gasteiger partial charge in [0.2, 0.25) is 0 Å². The number of hydrogen-bond donors (Lipinski definition) is 3. The molecular weight excluding hydrogens is 232 g/mol. The highest BCUT2D eigenvalue weighted by molar-refractivity contribution is 6.39. The van der Waals surface area contributed by atoms with Gasteiger partial charge in [-0.05, 0) is 18.6 Å². The minimum absolute atomic E-state index is 0.0381. The minimum Gasteiger partial charge on any atom is -0.508 e. The van der Waals surface area contributed by atoms with E-state index in [2.05, 4.69) is 17.6 Å². The van der Waals surface area contributed by atoms with Crippen LogP contribution in [0.2, 0.25) is 0 Å². The summed E-state index contributed by atoms with van der Waals surface area (Å²) in [5, 5.41) is 14.2. The summed E-state index contributed by atoms with van der Waals surface area (Å²) in [7, 11) is 0. The minimum atomic E-state index is -0.725. The molecule has 0 radical (unpaired) electrons. The summed E-state index contributed by atoms with van der Waals surface area (Å²) in [5.41, 5.74) is 0.392. The molecule has 1 aromatic carbocycles. The van der Waals surface area contributed by atoms with E-state index in [0.717, 1.165) is 19.3 Å². The Bertz CT molecular complexity index is 418. The van der Waals surface area contributed by atoms with Crippen molar-refractivity contribution in [2.75, 3.05) is 11.9 Å². The lowest BCUT2D eigenvalue weighted by Gasteiger charge is -2.06. The third-order valence-corrected chi connectivity index (χ3v) is 2.38. The number of benzene rings is 1. The Labute approximate surface area is 106 Å². The number of anilines is 1. The second-order valence-corrected chi connectivity index (χ2v) is 3.97. The zero-order valence-electron chi connectivity index (χ0n) is 10.4. The van der Waals surface area contributed by atoms with Crippen LogP contribution in [-0.2, 0) is 9.59 Å². The van der Waals surface area contributed by atoms with Crippen molar-refractivity contribution in [2.45, 2.75) is 26.2 Å². The van der Waals surface area contributed by atoms with Crippen molar-refractivity contribution < 1.29 is 14.7 Å². The molecule has 2 amide bonds. The summed E-state index contributed by atoms with van der Waals surface area (Å²) >= 11 is 0. The highest BCUT2D eigenvalue weighted by Crippen LogP contribution is 2.14. The number of aromatic hydroxyl groups is 1. The molecule has 0 aliphatic carbocycles. The van der Waals surface area contributed by atoms with Crippen LogP contribution in [0.4, 0.5) is 5.69 Å². The molecule has 0 unspecified atom stereocenters. The molecule has 98 valence electrons. The lowest BCUT2D eigenvalue weighted by atomic mass is 10.2. The van der Waals surface area contributed by atoms with Crippen molar-refractivity contribution in [3.8, 4) is 5.75 Å². The second kappa shape index (κ2) is 7.32. The van der Waals surface area contributed by atoms with Gasteiger partial charge in [0.05, 0.1) is 0 Å². The number of phenols is 1. The molecule has 3 N–H and O–H groups in total. The topological polar surface area (TPSA) is 78.4 Å². The number of unbranched alkanes of at least 4 members (excludes halogenated alkanes) is 2. The van der Waals surface area contributed by atoms with Gasteiger partial charge in [0.1, 0.15) is 5.75 Å². The number of carbonyl (C=O) groups excluding carboxylic acids is 2. The molecule has 18 heavy (non-hydrogen) atoms. The molecule has 0 fully saturated rings. The molecule has 5 heteroatoms. The Hall–Kier alpha value is -2.04. The van der Waals surface area contributed by atoms with E-state index in [4.69, 9.17) is 0 Å². The standard InChI is InChI=1S/C13H18N2O3/c1-2-3-4-8-14-12(17)13(18)15-10-6-5-7-11(16)9-10/h5-7,9,16H,2-4,8H2,1H3,(H,14,17)(H,15,18). The number of hydrogen-bond acceptors (Lipinski definition) is 3. The van der Waals surface area contributed by atoms with E-state index in [1.165, 1.54) is 12.1 Å². The molecule has 0 saturated carbocycles. The Morgan fingerprint density at radius 2 is 2.00 bits per heavy atom. The van der Waals surface area contributed by atoms with Crippen LogP contribution < -0.4 is 10.6 Å². The Morgan fingerprint density at radius 1 is 1.22 bits per heavy atom. The first-order valence-corrected chi connectivity index (χ1v) is 6.01. The zero-order valence-corrected chi connectivity index (χ0v) is 10.4. The maximum Gasteiger partial charge on any atom is 0.313 e. The van der Waals surface area contributed by atoms with E-state index < -0.39 is 11.8 Å². The molecule has 0 heterocycles. The fourth-order valence-electron chi connectivity index (χ4n) is 1.43. The number of nitrogens with one attached hydrogen (secondary N) is 2. The van der Waals surface area contributed by atoms with Gasteiger partial charge in [0.25, 0.3) is 0 Å². The van der Waals surface area contributed by atoms with Gasteiger partial charge in [0, 0.05) is 18.3 Å². The molecule has 0 atom stereocenters. The predicted molar refractivity (Wildman–Crippen MR) is 69.3 cm³/mol. The van der Waals surface area contributed by atoms with E-state index in [-0.39, 0.29) is 5.75 Å². The fraction of sp³-hybridized carbons (Fsp3) is 0.385. The quantitative estimate of drug-likeness (QED) is 0.549. The Morgan fingerprint density at radius 3 is 2.67 bits per heavy atom. The Balaban J connectivity index is 2.38. The maximum atomic E-state index is 11.5. The van der Waals surface area contributed by atoms with Crippen molar-refractivity contribution in [3.63, 3.8) is 0 Å². The first kappa shape index (κ1) is 14.0. The van der Waals surface area contributed by atoms with Gasteiger partial charge in [-0.1, -0.05) is 25.8 Å². The summed E-state index contributed by atoms with van der Waals surface area (Å²) in [6.07, 6.45) is 2.95. The van der Waals surface area contributed by atoms with E-state index in [9.17, 15) is 14.7 Å². The SMILES string of the molecule is CCCCCNC(=O)C(=O)Nc1cccc(O)c1. The third kappa shape index (κ3) is 4.86. The van der Waals surface area contributed by atoms with Crippen LogP contribution >= 0.6 is 0 Å². The maximum absolute atomic E-state index is 11.5. The number of rotatable bonds is 5. The second-order valence-electron chi connectivity index (χ2n) is 3.97. The van der Waals surface area contributed by atoms with Crippen molar-refractivity contribution in [2.24, 2.45) is 0 Å². The normalized spacial score (nSPS) is 9.83. The summed E-state index contributed by atoms with van der Waals surface area (Å²) in [6, 6.07) is 6.05. The Kier molecular flexibility index (Phi) is 5.70. The van der Waals surface area contributed by atoms with Gasteiger partial charge < -0.3 is 15.7 Å². The lowest BCUT2D eigenvalue weighted by molar-refractivity contribution is -0.136. The monoisotopic (exact) mass is 250 g/mol. The van der Waals surface area contributed by atoms with Crippen LogP contribution in [-0.4, -0.2) is 23.5 Å². The predicted octanol–water partition coefficient (Wildman–Crippen LogP) is 1.64. The molecule has 0 spiro atoms. The molecule has 0 bridgehead atoms. The molecule has 0 aliphatic rings. The number of amides is 2. The highest BCUT2D eigenvalue weighted by atomic mass is 16.3. The molecular formula is C13H18N2O3. The molecule has 0 aliphatic heterocycles. The van der Waals surface area contributed by atoms with Crippen LogP contribution in [0.1, 0.15) is 26.2 Å². The number of phenolic OH excluding ortho intramolecular Hbond substituents is 1. The van der Waals surface area contributed by atoms with Crippen LogP contribution in [0.3, 0.4) is 0 Å². The van der Waals surface area contributed by atoms with Gasteiger partial charge in [-0.2, -0.15) is 0 Å². The van der Waals surface area contributed by atoms with Crippen LogP contribution in [0, 0.1) is 0 Å². The first-order chi connectivity index (χ1) is 8.63. The molecule has 0 saturated heterocycles. The smallest absolute Gasteiger partial charge is 0.313 e. The third-order valence-electron chi connectivity index (χ3n) is 2.38. The van der Waals surface area contributed by atoms with Gasteiger partial charge >= 0.3 is 11.8 Å². The van der Waals surface area contributed by atoms with E-state index in [1.54, 1.807) is 12.1 Å². The van der Waals surface area contributed by atoms with Gasteiger partial charge in [-0.25, -0.2) is 0 Å². The van der Waals surface area contributed by atoms with Crippen molar-refractivity contribution >= 4 is 17.5 Å². The van der Waals surface area contributed by atoms with Gasteiger partial charge in [-0.3, -0.25) is 9.59 Å². The van der Waals surface area contributed by atoms with Crippen LogP contribution in [0.5, 0.6) is 5.75 Å². The lowest BCUT2D eigenvalue weighted by Crippen LogP contribution is -2.35. The van der Waals surface area contributed by atoms with Crippen LogP contribution in [0.25, 0.3) is 0 Å². The summed E-state index contributed by atoms with van der Waals surface area (Å²) in [6.45, 7) is 2.57. The summed E-state index contributed by atoms with van der Waals surface area (Å²) in [4.78, 5) is 22.9. The molecule has 1 rings (SSSR count). The van der Waals surface area contributed by atoms with Crippen molar-refractivity contribution in [1.29, 1.82) is 0 Å². The van der Waals surface area contributed by atoms with Crippen molar-refractivity contribution in [3.05, 3.63) is 24.3 Å². The average molecular weight is 250 g/mol. The zero-order chi connectivity index (χ0) is 13.4. The molecule has 1 aromatic rings. The van der Waals surface area contributed by atoms with E-state index in [1.807, 2.05) is 0 Å². The largest absolute Gasteiger partial charge is 0.508 e. The highest BCUT2D eigenvalue weighted by Gasteiger charge is 2.12. The number of carbonyl (C=O) groups is 2. The molecule has 0 aromatic heterocycles. The van der Waals surface area contributed by atoms with Crippen LogP contribution in [0.15, 0.2) is 24.3 Å². The fourth-order valence-corrected chi connectivity index (χ4v) is 1.43. The summed E-state index contributed by atoms with van der Waals surface area (Å²) in [5.74, 6) is -1.34. The summed E-state index contributed by atoms with van der Waals surface area (Å²) < 4.78 is 0. The van der Waals surface area contributed by atoms with E-state index >= 15 is 0 Å². The van der Waals surface area contributed by atoms with Crippen molar-refractivity contribution in [1.82, 2.24) is 5.32 Å². The van der Waals surface area contributed by atoms with Gasteiger partial charge in [-0.15, -0.1) is 0 Å². The first-order valence-electron chi connectivity index (χ1n) is 6.01. The van der Waals surface area contributed by atoms with Gasteiger partial charge in [0.15, 0.2) is 0 Å². The average Bonchev–Trinajstić information content (AvgIpc) is 2.34. The van der Waals surface area contributed by atoms with E-state index in [0.29, 0.717) is 12.2 Å². The molecule has 5 nitrogen and oxygen atoms in total.